The number of methoxy groups -OCH3 is 1. The van der Waals surface area contributed by atoms with E-state index in [0.717, 1.165) is 19.3 Å². The first-order chi connectivity index (χ1) is 13.6. The Balaban J connectivity index is 1.53. The quantitative estimate of drug-likeness (QED) is 0.822. The molecule has 8 nitrogen and oxygen atoms in total. The lowest BCUT2D eigenvalue weighted by molar-refractivity contribution is 0.103. The van der Waals surface area contributed by atoms with Gasteiger partial charge in [0.25, 0.3) is 5.56 Å². The van der Waals surface area contributed by atoms with Gasteiger partial charge in [0.05, 0.1) is 18.4 Å². The highest BCUT2D eigenvalue weighted by atomic mass is 16.5. The number of carbonyl (C=O) groups excluding carboxylic acids is 1. The van der Waals surface area contributed by atoms with Gasteiger partial charge in [0.2, 0.25) is 0 Å². The summed E-state index contributed by atoms with van der Waals surface area (Å²) in [7, 11) is 1.40. The Morgan fingerprint density at radius 2 is 1.82 bits per heavy atom. The summed E-state index contributed by atoms with van der Waals surface area (Å²) in [6.45, 7) is 1.32. The monoisotopic (exact) mass is 384 g/mol. The lowest BCUT2D eigenvalue weighted by Gasteiger charge is -2.38. The number of aromatic nitrogens is 2. The molecule has 1 aromatic heterocycles. The molecule has 0 bridgehead atoms. The number of hydrogen-bond donors (Lipinski definition) is 2. The largest absolute Gasteiger partial charge is 0.453 e. The van der Waals surface area contributed by atoms with E-state index in [4.69, 9.17) is 4.74 Å². The molecular formula is C20H24N4O4. The van der Waals surface area contributed by atoms with Gasteiger partial charge in [-0.2, -0.15) is 0 Å². The third kappa shape index (κ3) is 3.30. The summed E-state index contributed by atoms with van der Waals surface area (Å²) in [4.78, 5) is 41.7. The van der Waals surface area contributed by atoms with Gasteiger partial charge in [0, 0.05) is 19.1 Å². The molecule has 2 aromatic rings. The van der Waals surface area contributed by atoms with Gasteiger partial charge in [-0.1, -0.05) is 18.2 Å². The van der Waals surface area contributed by atoms with Crippen LogP contribution in [-0.4, -0.2) is 46.8 Å². The molecule has 0 aliphatic carbocycles. The highest BCUT2D eigenvalue weighted by Gasteiger charge is 2.32. The van der Waals surface area contributed by atoms with Crippen LogP contribution in [0.3, 0.4) is 0 Å². The van der Waals surface area contributed by atoms with Crippen LogP contribution >= 0.6 is 0 Å². The maximum atomic E-state index is 12.9. The van der Waals surface area contributed by atoms with Crippen LogP contribution in [0.2, 0.25) is 0 Å². The second-order valence-corrected chi connectivity index (χ2v) is 7.34. The molecule has 1 atom stereocenters. The molecule has 28 heavy (non-hydrogen) atoms. The fourth-order valence-corrected chi connectivity index (χ4v) is 4.26. The molecule has 0 saturated carbocycles. The zero-order valence-corrected chi connectivity index (χ0v) is 15.8. The molecule has 1 fully saturated rings. The second kappa shape index (κ2) is 7.53. The second-order valence-electron chi connectivity index (χ2n) is 7.34. The number of benzene rings is 1. The molecule has 0 spiro atoms. The Labute approximate surface area is 162 Å². The predicted octanol–water partition coefficient (Wildman–Crippen LogP) is 1.73. The average Bonchev–Trinajstić information content (AvgIpc) is 2.73. The minimum absolute atomic E-state index is 0.176. The Morgan fingerprint density at radius 1 is 1.11 bits per heavy atom. The van der Waals surface area contributed by atoms with E-state index in [2.05, 4.69) is 10.3 Å². The van der Waals surface area contributed by atoms with Crippen molar-refractivity contribution < 1.29 is 9.53 Å². The third-order valence-corrected chi connectivity index (χ3v) is 5.79. The van der Waals surface area contributed by atoms with E-state index in [1.807, 2.05) is 6.07 Å². The van der Waals surface area contributed by atoms with Crippen molar-refractivity contribution in [3.05, 3.63) is 56.7 Å². The number of fused-ring (bicyclic) bond motifs is 1. The van der Waals surface area contributed by atoms with E-state index < -0.39 is 5.69 Å². The highest BCUT2D eigenvalue weighted by molar-refractivity contribution is 5.67. The zero-order chi connectivity index (χ0) is 19.7. The van der Waals surface area contributed by atoms with Crippen LogP contribution < -0.4 is 16.6 Å². The molecule has 2 aliphatic rings. The maximum absolute atomic E-state index is 12.9. The standard InChI is InChI=1S/C20H24N4O4/c1-28-20(27)23-11-9-13(10-12-23)16-8-7-15-17(21-16)22-19(26)24(18(15)25)14-5-3-2-4-6-14/h2-6,13,16,21H,7-12H2,1H3,(H,22,26)/t16-/m1/s1. The molecule has 148 valence electrons. The smallest absolute Gasteiger partial charge is 0.409 e. The van der Waals surface area contributed by atoms with Crippen molar-refractivity contribution in [2.24, 2.45) is 5.92 Å². The van der Waals surface area contributed by atoms with Crippen LogP contribution in [0.15, 0.2) is 39.9 Å². The molecule has 0 unspecified atom stereocenters. The number of ether oxygens (including phenoxy) is 1. The van der Waals surface area contributed by atoms with E-state index >= 15 is 0 Å². The number of hydrogen-bond acceptors (Lipinski definition) is 5. The molecule has 4 rings (SSSR count). The van der Waals surface area contributed by atoms with Crippen LogP contribution in [0.1, 0.15) is 24.8 Å². The first kappa shape index (κ1) is 18.3. The summed E-state index contributed by atoms with van der Waals surface area (Å²) >= 11 is 0. The van der Waals surface area contributed by atoms with Gasteiger partial charge < -0.3 is 15.0 Å². The Morgan fingerprint density at radius 3 is 2.50 bits per heavy atom. The van der Waals surface area contributed by atoms with Gasteiger partial charge in [-0.05, 0) is 43.7 Å². The molecule has 0 radical (unpaired) electrons. The number of anilines is 1. The van der Waals surface area contributed by atoms with Crippen molar-refractivity contribution in [2.45, 2.75) is 31.7 Å². The number of piperidine rings is 1. The summed E-state index contributed by atoms with van der Waals surface area (Å²) in [6.07, 6.45) is 2.89. The Kier molecular flexibility index (Phi) is 4.93. The minimum Gasteiger partial charge on any atom is -0.453 e. The number of nitrogens with one attached hydrogen (secondary N) is 2. The number of amides is 1. The normalized spacial score (nSPS) is 19.6. The van der Waals surface area contributed by atoms with Gasteiger partial charge in [-0.3, -0.25) is 9.78 Å². The molecule has 1 saturated heterocycles. The van der Waals surface area contributed by atoms with Crippen LogP contribution in [-0.2, 0) is 11.2 Å². The fourth-order valence-electron chi connectivity index (χ4n) is 4.26. The first-order valence-corrected chi connectivity index (χ1v) is 9.61. The molecule has 2 N–H and O–H groups in total. The predicted molar refractivity (Wildman–Crippen MR) is 105 cm³/mol. The molecule has 1 amide bonds. The van der Waals surface area contributed by atoms with Crippen LogP contribution in [0.4, 0.5) is 10.6 Å². The zero-order valence-electron chi connectivity index (χ0n) is 15.8. The number of rotatable bonds is 2. The lowest BCUT2D eigenvalue weighted by atomic mass is 9.84. The maximum Gasteiger partial charge on any atom is 0.409 e. The number of aromatic amines is 1. The van der Waals surface area contributed by atoms with Gasteiger partial charge in [-0.15, -0.1) is 0 Å². The Bertz CT molecular complexity index is 974. The summed E-state index contributed by atoms with van der Waals surface area (Å²) in [5, 5.41) is 3.38. The van der Waals surface area contributed by atoms with Crippen molar-refractivity contribution in [1.82, 2.24) is 14.5 Å². The van der Waals surface area contributed by atoms with Crippen LogP contribution in [0.25, 0.3) is 5.69 Å². The van der Waals surface area contributed by atoms with Gasteiger partial charge in [-0.25, -0.2) is 14.2 Å². The number of likely N-dealkylation sites (tertiary alicyclic amines) is 1. The number of nitrogens with zero attached hydrogens (tertiary/aromatic N) is 2. The molecule has 2 aliphatic heterocycles. The van der Waals surface area contributed by atoms with Gasteiger partial charge >= 0.3 is 11.8 Å². The number of H-pyrrole nitrogens is 1. The Hall–Kier alpha value is -3.03. The lowest BCUT2D eigenvalue weighted by Crippen LogP contribution is -2.46. The molecule has 8 heteroatoms. The van der Waals surface area contributed by atoms with E-state index in [-0.39, 0.29) is 17.7 Å². The summed E-state index contributed by atoms with van der Waals surface area (Å²) in [5.41, 5.74) is 0.473. The summed E-state index contributed by atoms with van der Waals surface area (Å²) < 4.78 is 5.98. The van der Waals surface area contributed by atoms with Crippen molar-refractivity contribution in [3.8, 4) is 5.69 Å². The fraction of sp³-hybridized carbons (Fsp3) is 0.450. The number of para-hydroxylation sites is 1. The topological polar surface area (TPSA) is 96.4 Å². The molecule has 1 aromatic carbocycles. The van der Waals surface area contributed by atoms with Gasteiger partial charge in [0.1, 0.15) is 5.82 Å². The minimum atomic E-state index is -0.441. The van der Waals surface area contributed by atoms with Crippen molar-refractivity contribution >= 4 is 11.9 Å². The van der Waals surface area contributed by atoms with Crippen LogP contribution in [0, 0.1) is 5.92 Å². The van der Waals surface area contributed by atoms with E-state index in [0.29, 0.717) is 42.5 Å². The van der Waals surface area contributed by atoms with Crippen molar-refractivity contribution in [3.63, 3.8) is 0 Å². The first-order valence-electron chi connectivity index (χ1n) is 9.61. The molecular weight excluding hydrogens is 360 g/mol. The SMILES string of the molecule is COC(=O)N1CCC([C@H]2CCc3c([nH]c(=O)n(-c4ccccc4)c3=O)N2)CC1. The van der Waals surface area contributed by atoms with Gasteiger partial charge in [0.15, 0.2) is 0 Å². The molecule has 3 heterocycles. The van der Waals surface area contributed by atoms with E-state index in [9.17, 15) is 14.4 Å². The van der Waals surface area contributed by atoms with Crippen molar-refractivity contribution in [2.75, 3.05) is 25.5 Å². The number of carbonyl (C=O) groups is 1. The summed E-state index contributed by atoms with van der Waals surface area (Å²) in [6, 6.07) is 9.12. The average molecular weight is 384 g/mol. The van der Waals surface area contributed by atoms with E-state index in [1.54, 1.807) is 29.2 Å². The van der Waals surface area contributed by atoms with E-state index in [1.165, 1.54) is 11.7 Å². The van der Waals surface area contributed by atoms with Crippen LogP contribution in [0.5, 0.6) is 0 Å². The van der Waals surface area contributed by atoms with Crippen molar-refractivity contribution in [1.29, 1.82) is 0 Å². The summed E-state index contributed by atoms with van der Waals surface area (Å²) in [5.74, 6) is 0.919. The third-order valence-electron chi connectivity index (χ3n) is 5.79. The highest BCUT2D eigenvalue weighted by Crippen LogP contribution is 2.29.